The van der Waals surface area contributed by atoms with E-state index in [9.17, 15) is 0 Å². The molecule has 10 aromatic rings. The predicted molar refractivity (Wildman–Crippen MR) is 359 cm³/mol. The highest BCUT2D eigenvalue weighted by Crippen LogP contribution is 2.60. The fraction of sp³-hybridized carbons (Fsp3) is 0.277. The second kappa shape index (κ2) is 21.1. The standard InChI is InChI=1S/C83H80N2/c1-7-9-11-17-47-83(48-18-12-10-8-2)79-53-67(84(63-35-23-55(3)24-36-63)65-42-46-77-74(51-65)70-20-14-16-22-76(70)81(77,5)61-33-31-57-27-29-59(57)49-61)40-44-72(79)73-45-41-68(54-80(73)83)85(64-37-25-56(4)26-38-64)66-39-43-71-69-19-13-15-21-75(69)82(6,78(71)52-66)62-34-32-58-28-30-60(58)50-62/h13-16,19-26,31-46,49-54H,7-12,17-18,27-30,47-48H2,1-6H3. The van der Waals surface area contributed by atoms with Crippen molar-refractivity contribution in [2.24, 2.45) is 0 Å². The Labute approximate surface area is 506 Å². The van der Waals surface area contributed by atoms with Crippen LogP contribution in [-0.2, 0) is 41.9 Å². The van der Waals surface area contributed by atoms with E-state index >= 15 is 0 Å². The van der Waals surface area contributed by atoms with E-state index in [-0.39, 0.29) is 16.2 Å². The van der Waals surface area contributed by atoms with Gasteiger partial charge in [-0.3, -0.25) is 0 Å². The molecule has 0 spiro atoms. The molecular weight excluding hydrogens is 1020 g/mol. The molecule has 0 fully saturated rings. The summed E-state index contributed by atoms with van der Waals surface area (Å²) in [7, 11) is 0. The molecule has 85 heavy (non-hydrogen) atoms. The molecule has 15 rings (SSSR count). The third kappa shape index (κ3) is 8.55. The predicted octanol–water partition coefficient (Wildman–Crippen LogP) is 22.3. The number of aryl methyl sites for hydroxylation is 6. The highest BCUT2D eigenvalue weighted by atomic mass is 15.1. The molecule has 0 radical (unpaired) electrons. The molecule has 0 saturated heterocycles. The molecule has 0 aromatic heterocycles. The first kappa shape index (κ1) is 53.5. The van der Waals surface area contributed by atoms with Gasteiger partial charge in [-0.25, -0.2) is 0 Å². The van der Waals surface area contributed by atoms with Gasteiger partial charge in [0.1, 0.15) is 0 Å². The molecule has 0 saturated carbocycles. The summed E-state index contributed by atoms with van der Waals surface area (Å²) in [4.78, 5) is 5.14. The van der Waals surface area contributed by atoms with Crippen LogP contribution in [0.4, 0.5) is 34.1 Å². The van der Waals surface area contributed by atoms with Crippen molar-refractivity contribution >= 4 is 34.1 Å². The fourth-order valence-electron chi connectivity index (χ4n) is 16.3. The van der Waals surface area contributed by atoms with Crippen molar-refractivity contribution in [2.45, 2.75) is 148 Å². The fourth-order valence-corrected chi connectivity index (χ4v) is 16.3. The van der Waals surface area contributed by atoms with Gasteiger partial charge in [-0.2, -0.15) is 0 Å². The lowest BCUT2D eigenvalue weighted by Gasteiger charge is -2.35. The van der Waals surface area contributed by atoms with Crippen LogP contribution >= 0.6 is 0 Å². The molecule has 2 nitrogen and oxygen atoms in total. The Morgan fingerprint density at radius 2 is 0.682 bits per heavy atom. The molecule has 5 aliphatic carbocycles. The van der Waals surface area contributed by atoms with Crippen LogP contribution in [0.1, 0.15) is 170 Å². The van der Waals surface area contributed by atoms with Crippen LogP contribution in [0.5, 0.6) is 0 Å². The number of unbranched alkanes of at least 4 members (excludes halogenated alkanes) is 6. The van der Waals surface area contributed by atoms with Crippen LogP contribution in [0.3, 0.4) is 0 Å². The quantitative estimate of drug-likeness (QED) is 0.0790. The van der Waals surface area contributed by atoms with E-state index in [0.717, 1.165) is 12.8 Å². The molecule has 2 heteroatoms. The number of fused-ring (bicyclic) bond motifs is 11. The molecule has 0 heterocycles. The summed E-state index contributed by atoms with van der Waals surface area (Å²) in [5.74, 6) is 0. The summed E-state index contributed by atoms with van der Waals surface area (Å²) in [6, 6.07) is 81.5. The number of hydrogen-bond acceptors (Lipinski definition) is 2. The maximum atomic E-state index is 2.65. The Kier molecular flexibility index (Phi) is 13.3. The molecule has 10 aromatic carbocycles. The lowest BCUT2D eigenvalue weighted by atomic mass is 9.70. The summed E-state index contributed by atoms with van der Waals surface area (Å²) in [5, 5.41) is 0. The number of nitrogens with zero attached hydrogens (tertiary/aromatic N) is 2. The molecule has 422 valence electrons. The van der Waals surface area contributed by atoms with Gasteiger partial charge in [0.05, 0.1) is 0 Å². The Morgan fingerprint density at radius 1 is 0.306 bits per heavy atom. The summed E-state index contributed by atoms with van der Waals surface area (Å²) in [5.41, 5.74) is 34.5. The van der Waals surface area contributed by atoms with Crippen LogP contribution in [0, 0.1) is 13.8 Å². The Bertz CT molecular complexity index is 4220. The highest BCUT2D eigenvalue weighted by molar-refractivity contribution is 5.93. The number of rotatable bonds is 18. The van der Waals surface area contributed by atoms with Gasteiger partial charge < -0.3 is 9.80 Å². The van der Waals surface area contributed by atoms with E-state index < -0.39 is 0 Å². The van der Waals surface area contributed by atoms with Crippen molar-refractivity contribution in [3.05, 3.63) is 284 Å². The van der Waals surface area contributed by atoms with E-state index in [2.05, 4.69) is 258 Å². The Morgan fingerprint density at radius 3 is 1.14 bits per heavy atom. The molecule has 0 amide bonds. The second-order valence-electron chi connectivity index (χ2n) is 26.3. The average molecular weight is 1110 g/mol. The first-order valence-corrected chi connectivity index (χ1v) is 32.4. The first-order chi connectivity index (χ1) is 41.6. The zero-order chi connectivity index (χ0) is 57.6. The van der Waals surface area contributed by atoms with E-state index in [4.69, 9.17) is 0 Å². The number of benzene rings is 10. The Balaban J connectivity index is 0.889. The molecule has 2 atom stereocenters. The maximum absolute atomic E-state index is 2.65. The summed E-state index contributed by atoms with van der Waals surface area (Å²) < 4.78 is 0. The van der Waals surface area contributed by atoms with E-state index in [1.54, 1.807) is 0 Å². The van der Waals surface area contributed by atoms with Crippen LogP contribution in [0.2, 0.25) is 0 Å². The van der Waals surface area contributed by atoms with Crippen LogP contribution in [-0.4, -0.2) is 0 Å². The van der Waals surface area contributed by atoms with Crippen LogP contribution in [0.15, 0.2) is 206 Å². The van der Waals surface area contributed by atoms with Gasteiger partial charge in [0.25, 0.3) is 0 Å². The zero-order valence-electron chi connectivity index (χ0n) is 50.9. The second-order valence-corrected chi connectivity index (χ2v) is 26.3. The van der Waals surface area contributed by atoms with E-state index in [0.29, 0.717) is 0 Å². The minimum atomic E-state index is -0.297. The third-order valence-corrected chi connectivity index (χ3v) is 21.3. The lowest BCUT2D eigenvalue weighted by Crippen LogP contribution is -2.26. The van der Waals surface area contributed by atoms with Gasteiger partial charge in [-0.05, 0) is 239 Å². The number of anilines is 6. The average Bonchev–Trinajstić information content (AvgIpc) is 1.77. The van der Waals surface area contributed by atoms with Gasteiger partial charge in [0, 0.05) is 50.4 Å². The van der Waals surface area contributed by atoms with Crippen LogP contribution in [0.25, 0.3) is 33.4 Å². The normalized spacial score (nSPS) is 17.5. The van der Waals surface area contributed by atoms with Gasteiger partial charge in [0.15, 0.2) is 0 Å². The highest BCUT2D eigenvalue weighted by Gasteiger charge is 2.46. The van der Waals surface area contributed by atoms with Gasteiger partial charge in [0.2, 0.25) is 0 Å². The lowest BCUT2D eigenvalue weighted by molar-refractivity contribution is 0.401. The minimum Gasteiger partial charge on any atom is -0.310 e. The van der Waals surface area contributed by atoms with E-state index in [1.165, 1.54) is 222 Å². The summed E-state index contributed by atoms with van der Waals surface area (Å²) in [6.45, 7) is 14.1. The largest absolute Gasteiger partial charge is 0.310 e. The maximum Gasteiger partial charge on any atom is 0.0468 e. The molecule has 2 unspecified atom stereocenters. The van der Waals surface area contributed by atoms with Crippen molar-refractivity contribution in [1.29, 1.82) is 0 Å². The molecule has 0 bridgehead atoms. The van der Waals surface area contributed by atoms with Gasteiger partial charge in [-0.1, -0.05) is 210 Å². The smallest absolute Gasteiger partial charge is 0.0468 e. The topological polar surface area (TPSA) is 6.48 Å². The molecule has 5 aliphatic rings. The SMILES string of the molecule is CCCCCCC1(CCCCCC)c2cc(N(c3ccc(C)cc3)c3ccc4c(c3)-c3ccccc3C4(C)c3ccc4c(c3)CC4)ccc2-c2ccc(N(c3ccc(C)cc3)c3ccc4c(c3)C(C)(c3ccc5c(c3)CC5)c3ccccc3-4)cc21. The minimum absolute atomic E-state index is 0.182. The molecule has 0 aliphatic heterocycles. The van der Waals surface area contributed by atoms with Gasteiger partial charge >= 0.3 is 0 Å². The van der Waals surface area contributed by atoms with Crippen molar-refractivity contribution in [2.75, 3.05) is 9.80 Å². The molecular formula is C83H80N2. The Hall–Kier alpha value is -8.20. The number of hydrogen-bond donors (Lipinski definition) is 0. The summed E-state index contributed by atoms with van der Waals surface area (Å²) >= 11 is 0. The van der Waals surface area contributed by atoms with Crippen molar-refractivity contribution in [1.82, 2.24) is 0 Å². The van der Waals surface area contributed by atoms with Crippen LogP contribution < -0.4 is 9.80 Å². The van der Waals surface area contributed by atoms with E-state index in [1.807, 2.05) is 0 Å². The van der Waals surface area contributed by atoms with Crippen molar-refractivity contribution in [3.63, 3.8) is 0 Å². The van der Waals surface area contributed by atoms with Crippen molar-refractivity contribution < 1.29 is 0 Å². The van der Waals surface area contributed by atoms with Crippen molar-refractivity contribution in [3.8, 4) is 33.4 Å². The summed E-state index contributed by atoms with van der Waals surface area (Å²) in [6.07, 6.45) is 16.8. The first-order valence-electron chi connectivity index (χ1n) is 32.4. The van der Waals surface area contributed by atoms with Gasteiger partial charge in [-0.15, -0.1) is 0 Å². The third-order valence-electron chi connectivity index (χ3n) is 21.3. The zero-order valence-corrected chi connectivity index (χ0v) is 50.9. The molecule has 0 N–H and O–H groups in total. The monoisotopic (exact) mass is 1100 g/mol.